The summed E-state index contributed by atoms with van der Waals surface area (Å²) in [5.74, 6) is 0.778. The van der Waals surface area contributed by atoms with E-state index in [1.807, 2.05) is 30.9 Å². The lowest BCUT2D eigenvalue weighted by molar-refractivity contribution is -0.147. The number of esters is 1. The molecule has 7 heteroatoms. The zero-order valence-corrected chi connectivity index (χ0v) is 18.6. The first-order valence-electron chi connectivity index (χ1n) is 10.9. The van der Waals surface area contributed by atoms with Gasteiger partial charge in [0.25, 0.3) is 5.91 Å². The quantitative estimate of drug-likeness (QED) is 0.762. The highest BCUT2D eigenvalue weighted by atomic mass is 16.5. The van der Waals surface area contributed by atoms with Crippen LogP contribution in [0.1, 0.15) is 45.7 Å². The van der Waals surface area contributed by atoms with Crippen molar-refractivity contribution in [1.29, 1.82) is 0 Å². The lowest BCUT2D eigenvalue weighted by atomic mass is 9.96. The average Bonchev–Trinajstić information content (AvgIpc) is 2.97. The van der Waals surface area contributed by atoms with E-state index >= 15 is 0 Å². The fourth-order valence-electron chi connectivity index (χ4n) is 4.58. The van der Waals surface area contributed by atoms with Gasteiger partial charge in [-0.2, -0.15) is 0 Å². The summed E-state index contributed by atoms with van der Waals surface area (Å²) in [6.07, 6.45) is 1.66. The minimum atomic E-state index is -0.0981. The van der Waals surface area contributed by atoms with Gasteiger partial charge in [0.1, 0.15) is 18.1 Å². The average molecular weight is 426 g/mol. The van der Waals surface area contributed by atoms with Crippen LogP contribution in [-0.4, -0.2) is 60.0 Å². The highest BCUT2D eigenvalue weighted by Gasteiger charge is 2.26. The van der Waals surface area contributed by atoms with Gasteiger partial charge in [0.05, 0.1) is 19.6 Å². The first kappa shape index (κ1) is 21.4. The third-order valence-electron chi connectivity index (χ3n) is 6.28. The van der Waals surface area contributed by atoms with Crippen molar-refractivity contribution in [3.63, 3.8) is 0 Å². The molecule has 7 nitrogen and oxygen atoms in total. The number of rotatable bonds is 4. The number of H-pyrrole nitrogens is 1. The van der Waals surface area contributed by atoms with Crippen LogP contribution >= 0.6 is 0 Å². The maximum absolute atomic E-state index is 13.1. The Morgan fingerprint density at radius 2 is 1.94 bits per heavy atom. The number of aromatic amines is 1. The van der Waals surface area contributed by atoms with E-state index in [0.717, 1.165) is 55.0 Å². The molecule has 0 unspecified atom stereocenters. The van der Waals surface area contributed by atoms with E-state index in [9.17, 15) is 9.59 Å². The molecule has 2 aliphatic rings. The Kier molecular flexibility index (Phi) is 6.32. The molecule has 0 aliphatic carbocycles. The van der Waals surface area contributed by atoms with Crippen LogP contribution in [0.4, 0.5) is 0 Å². The predicted octanol–water partition coefficient (Wildman–Crippen LogP) is 3.05. The Hall–Kier alpha value is -2.80. The van der Waals surface area contributed by atoms with E-state index in [0.29, 0.717) is 25.4 Å². The van der Waals surface area contributed by atoms with Gasteiger partial charge in [0, 0.05) is 24.3 Å². The summed E-state index contributed by atoms with van der Waals surface area (Å²) in [7, 11) is 1.46. The molecule has 2 aliphatic heterocycles. The Bertz CT molecular complexity index is 960. The van der Waals surface area contributed by atoms with E-state index in [1.54, 1.807) is 0 Å². The van der Waals surface area contributed by atoms with Crippen LogP contribution in [0.3, 0.4) is 0 Å². The van der Waals surface area contributed by atoms with Crippen molar-refractivity contribution in [2.45, 2.75) is 39.8 Å². The number of benzene rings is 1. The van der Waals surface area contributed by atoms with Crippen molar-refractivity contribution in [3.05, 3.63) is 52.3 Å². The van der Waals surface area contributed by atoms with Crippen LogP contribution in [0.5, 0.6) is 5.75 Å². The highest BCUT2D eigenvalue weighted by molar-refractivity contribution is 5.94. The third-order valence-corrected chi connectivity index (χ3v) is 6.28. The SMILES string of the molecule is COC(=O)C1CCN(Cc2ccc3c(c2)CN(C(=O)c2[nH]c(C)cc2C)CCO3)CC1. The molecule has 1 aromatic heterocycles. The summed E-state index contributed by atoms with van der Waals surface area (Å²) in [5.41, 5.74) is 4.85. The van der Waals surface area contributed by atoms with Crippen LogP contribution in [0.2, 0.25) is 0 Å². The Balaban J connectivity index is 1.44. The zero-order valence-electron chi connectivity index (χ0n) is 18.6. The number of amides is 1. The summed E-state index contributed by atoms with van der Waals surface area (Å²) in [5, 5.41) is 0. The normalized spacial score (nSPS) is 17.6. The van der Waals surface area contributed by atoms with Crippen molar-refractivity contribution in [1.82, 2.24) is 14.8 Å². The summed E-state index contributed by atoms with van der Waals surface area (Å²) < 4.78 is 10.8. The number of nitrogens with zero attached hydrogens (tertiary/aromatic N) is 2. The second-order valence-electron chi connectivity index (χ2n) is 8.60. The number of carbonyl (C=O) groups is 2. The number of nitrogens with one attached hydrogen (secondary N) is 1. The van der Waals surface area contributed by atoms with Gasteiger partial charge in [-0.3, -0.25) is 14.5 Å². The minimum absolute atomic E-state index is 0.0114. The molecule has 4 rings (SSSR count). The number of piperidine rings is 1. The van der Waals surface area contributed by atoms with Crippen LogP contribution in [0, 0.1) is 19.8 Å². The van der Waals surface area contributed by atoms with Gasteiger partial charge in [-0.1, -0.05) is 6.07 Å². The van der Waals surface area contributed by atoms with Crippen molar-refractivity contribution < 1.29 is 19.1 Å². The number of hydrogen-bond donors (Lipinski definition) is 1. The molecule has 1 fully saturated rings. The zero-order chi connectivity index (χ0) is 22.0. The van der Waals surface area contributed by atoms with E-state index in [1.165, 1.54) is 12.7 Å². The number of aryl methyl sites for hydroxylation is 2. The van der Waals surface area contributed by atoms with Gasteiger partial charge in [-0.25, -0.2) is 0 Å². The number of fused-ring (bicyclic) bond motifs is 1. The maximum atomic E-state index is 13.1. The lowest BCUT2D eigenvalue weighted by Gasteiger charge is -2.30. The molecule has 166 valence electrons. The number of ether oxygens (including phenoxy) is 2. The fourth-order valence-corrected chi connectivity index (χ4v) is 4.58. The van der Waals surface area contributed by atoms with Gasteiger partial charge in [0.2, 0.25) is 0 Å². The Morgan fingerprint density at radius 3 is 2.61 bits per heavy atom. The molecule has 0 bridgehead atoms. The van der Waals surface area contributed by atoms with E-state index in [4.69, 9.17) is 9.47 Å². The summed E-state index contributed by atoms with van der Waals surface area (Å²) >= 11 is 0. The summed E-state index contributed by atoms with van der Waals surface area (Å²) in [4.78, 5) is 32.3. The molecule has 2 aromatic rings. The van der Waals surface area contributed by atoms with E-state index in [2.05, 4.69) is 22.0 Å². The molecule has 1 amide bonds. The molecule has 3 heterocycles. The van der Waals surface area contributed by atoms with Crippen molar-refractivity contribution >= 4 is 11.9 Å². The molecule has 31 heavy (non-hydrogen) atoms. The summed E-state index contributed by atoms with van der Waals surface area (Å²) in [6.45, 7) is 8.07. The highest BCUT2D eigenvalue weighted by Crippen LogP contribution is 2.27. The maximum Gasteiger partial charge on any atom is 0.308 e. The van der Waals surface area contributed by atoms with Crippen molar-refractivity contribution in [2.75, 3.05) is 33.4 Å². The molecule has 1 N–H and O–H groups in total. The van der Waals surface area contributed by atoms with Gasteiger partial charge in [0.15, 0.2) is 0 Å². The van der Waals surface area contributed by atoms with Crippen molar-refractivity contribution in [3.8, 4) is 5.75 Å². The van der Waals surface area contributed by atoms with Crippen LogP contribution in [0.25, 0.3) is 0 Å². The number of aromatic nitrogens is 1. The molecule has 0 saturated carbocycles. The lowest BCUT2D eigenvalue weighted by Crippen LogP contribution is -2.36. The van der Waals surface area contributed by atoms with Crippen LogP contribution in [0.15, 0.2) is 24.3 Å². The number of likely N-dealkylation sites (tertiary alicyclic amines) is 1. The molecular weight excluding hydrogens is 394 g/mol. The van der Waals surface area contributed by atoms with Gasteiger partial charge >= 0.3 is 5.97 Å². The molecular formula is C24H31N3O4. The predicted molar refractivity (Wildman–Crippen MR) is 117 cm³/mol. The van der Waals surface area contributed by atoms with Crippen LogP contribution in [-0.2, 0) is 22.6 Å². The monoisotopic (exact) mass is 425 g/mol. The second kappa shape index (κ2) is 9.14. The molecule has 0 spiro atoms. The molecule has 1 aromatic carbocycles. The Morgan fingerprint density at radius 1 is 1.16 bits per heavy atom. The third kappa shape index (κ3) is 4.77. The van der Waals surface area contributed by atoms with Gasteiger partial charge in [-0.15, -0.1) is 0 Å². The van der Waals surface area contributed by atoms with Crippen LogP contribution < -0.4 is 4.74 Å². The molecule has 0 atom stereocenters. The second-order valence-corrected chi connectivity index (χ2v) is 8.60. The number of carbonyl (C=O) groups excluding carboxylic acids is 2. The first-order chi connectivity index (χ1) is 14.9. The number of hydrogen-bond acceptors (Lipinski definition) is 5. The first-order valence-corrected chi connectivity index (χ1v) is 10.9. The minimum Gasteiger partial charge on any atom is -0.491 e. The molecule has 1 saturated heterocycles. The largest absolute Gasteiger partial charge is 0.491 e. The number of methoxy groups -OCH3 is 1. The fraction of sp³-hybridized carbons (Fsp3) is 0.500. The van der Waals surface area contributed by atoms with Gasteiger partial charge < -0.3 is 19.4 Å². The van der Waals surface area contributed by atoms with Crippen molar-refractivity contribution in [2.24, 2.45) is 5.92 Å². The topological polar surface area (TPSA) is 74.9 Å². The molecule has 0 radical (unpaired) electrons. The van der Waals surface area contributed by atoms with E-state index in [-0.39, 0.29) is 17.8 Å². The van der Waals surface area contributed by atoms with Gasteiger partial charge in [-0.05, 0) is 69.1 Å². The smallest absolute Gasteiger partial charge is 0.308 e. The van der Waals surface area contributed by atoms with E-state index < -0.39 is 0 Å². The Labute approximate surface area is 183 Å². The summed E-state index contributed by atoms with van der Waals surface area (Å²) in [6, 6.07) is 8.27. The standard InChI is InChI=1S/C24H31N3O4/c1-16-12-17(2)25-22(16)23(28)27-10-11-31-21-5-4-18(13-20(21)15-27)14-26-8-6-19(7-9-26)24(29)30-3/h4-5,12-13,19,25H,6-11,14-15H2,1-3H3.